The topological polar surface area (TPSA) is 118 Å². The smallest absolute Gasteiger partial charge is 0.300 e. The molecule has 1 aliphatic heterocycles. The molecule has 1 amide bonds. The number of benzene rings is 3. The van der Waals surface area contributed by atoms with Crippen LogP contribution in [0.2, 0.25) is 10.0 Å². The molecule has 200 valence electrons. The molecule has 1 fully saturated rings. The number of methoxy groups -OCH3 is 4. The Balaban J connectivity index is 2.08. The molecule has 0 aliphatic carbocycles. The van der Waals surface area contributed by atoms with Crippen molar-refractivity contribution in [3.05, 3.63) is 80.8 Å². The molecule has 1 N–H and O–H groups in total. The van der Waals surface area contributed by atoms with Crippen molar-refractivity contribution in [3.63, 3.8) is 0 Å². The van der Waals surface area contributed by atoms with Gasteiger partial charge in [-0.2, -0.15) is 5.26 Å². The summed E-state index contributed by atoms with van der Waals surface area (Å²) >= 11 is 12.8. The summed E-state index contributed by atoms with van der Waals surface area (Å²) in [5.74, 6) is -1.80. The Hall–Kier alpha value is -4.39. The molecule has 39 heavy (non-hydrogen) atoms. The van der Waals surface area contributed by atoms with Crippen molar-refractivity contribution in [3.8, 4) is 29.1 Å². The average molecular weight is 569 g/mol. The summed E-state index contributed by atoms with van der Waals surface area (Å²) < 4.78 is 21.7. The lowest BCUT2D eigenvalue weighted by molar-refractivity contribution is -0.132. The lowest BCUT2D eigenvalue weighted by Gasteiger charge is -2.27. The highest BCUT2D eigenvalue weighted by atomic mass is 35.5. The van der Waals surface area contributed by atoms with Crippen LogP contribution in [-0.4, -0.2) is 45.2 Å². The molecule has 0 aromatic heterocycles. The molecule has 0 saturated carbocycles. The first-order valence-corrected chi connectivity index (χ1v) is 12.1. The van der Waals surface area contributed by atoms with E-state index < -0.39 is 23.5 Å². The zero-order valence-corrected chi connectivity index (χ0v) is 22.8. The summed E-state index contributed by atoms with van der Waals surface area (Å²) in [5.41, 5.74) is 0.719. The number of hydrogen-bond donors (Lipinski definition) is 1. The molecule has 3 aromatic rings. The number of amides is 1. The van der Waals surface area contributed by atoms with Crippen molar-refractivity contribution in [2.75, 3.05) is 33.3 Å². The molecule has 1 saturated heterocycles. The van der Waals surface area contributed by atoms with E-state index in [4.69, 9.17) is 42.1 Å². The predicted octanol–water partition coefficient (Wildman–Crippen LogP) is 5.53. The van der Waals surface area contributed by atoms with Gasteiger partial charge in [0.15, 0.2) is 23.0 Å². The van der Waals surface area contributed by atoms with Gasteiger partial charge in [0.1, 0.15) is 10.8 Å². The van der Waals surface area contributed by atoms with Gasteiger partial charge in [0.25, 0.3) is 11.7 Å². The largest absolute Gasteiger partial charge is 0.507 e. The third-order valence-electron chi connectivity index (χ3n) is 6.24. The number of carbonyl (C=O) groups is 2. The number of ether oxygens (including phenoxy) is 4. The van der Waals surface area contributed by atoms with Crippen molar-refractivity contribution in [2.24, 2.45) is 0 Å². The number of halogens is 2. The summed E-state index contributed by atoms with van der Waals surface area (Å²) in [4.78, 5) is 28.3. The number of nitrogens with zero attached hydrogens (tertiary/aromatic N) is 2. The molecule has 4 rings (SSSR count). The van der Waals surface area contributed by atoms with Crippen LogP contribution in [0.15, 0.2) is 54.1 Å². The summed E-state index contributed by atoms with van der Waals surface area (Å²) in [6.45, 7) is 0. The van der Waals surface area contributed by atoms with Crippen molar-refractivity contribution in [1.82, 2.24) is 0 Å². The van der Waals surface area contributed by atoms with Gasteiger partial charge in [-0.05, 0) is 36.4 Å². The Bertz CT molecular complexity index is 1540. The lowest BCUT2D eigenvalue weighted by atomic mass is 9.93. The van der Waals surface area contributed by atoms with Gasteiger partial charge in [0.05, 0.1) is 62.3 Å². The van der Waals surface area contributed by atoms with Crippen LogP contribution in [0.4, 0.5) is 5.69 Å². The maximum Gasteiger partial charge on any atom is 0.300 e. The Morgan fingerprint density at radius 3 is 2.13 bits per heavy atom. The highest BCUT2D eigenvalue weighted by Gasteiger charge is 2.48. The predicted molar refractivity (Wildman–Crippen MR) is 145 cm³/mol. The third kappa shape index (κ3) is 4.58. The van der Waals surface area contributed by atoms with Crippen molar-refractivity contribution < 1.29 is 33.6 Å². The molecule has 9 nitrogen and oxygen atoms in total. The number of hydrogen-bond acceptors (Lipinski definition) is 8. The minimum Gasteiger partial charge on any atom is -0.507 e. The Labute approximate surface area is 234 Å². The molecular weight excluding hydrogens is 547 g/mol. The summed E-state index contributed by atoms with van der Waals surface area (Å²) in [6, 6.07) is 13.2. The Morgan fingerprint density at radius 1 is 0.923 bits per heavy atom. The van der Waals surface area contributed by atoms with Gasteiger partial charge < -0.3 is 24.1 Å². The summed E-state index contributed by atoms with van der Waals surface area (Å²) in [7, 11) is 5.56. The second-order valence-electron chi connectivity index (χ2n) is 8.20. The van der Waals surface area contributed by atoms with E-state index in [1.165, 1.54) is 63.7 Å². The monoisotopic (exact) mass is 568 g/mol. The van der Waals surface area contributed by atoms with Crippen LogP contribution in [-0.2, 0) is 9.59 Å². The fourth-order valence-electron chi connectivity index (χ4n) is 4.51. The van der Waals surface area contributed by atoms with E-state index in [1.54, 1.807) is 18.2 Å². The standard InChI is InChI=1S/C28H22Cl2N2O7/c1-36-19-7-5-6-16(25(19)37-2)22-20(23(33)17-12-18(29)27(39-4)21(30)26(17)38-3)24(34)28(35)32(22)15-10-8-14(13-31)9-11-15/h5-12,22,33H,1-4H3/b23-20+. The minimum atomic E-state index is -1.17. The summed E-state index contributed by atoms with van der Waals surface area (Å²) in [6.07, 6.45) is 0. The van der Waals surface area contributed by atoms with Crippen LogP contribution < -0.4 is 23.8 Å². The Morgan fingerprint density at radius 2 is 1.56 bits per heavy atom. The number of anilines is 1. The highest BCUT2D eigenvalue weighted by molar-refractivity contribution is 6.52. The molecule has 1 aliphatic rings. The number of para-hydroxylation sites is 1. The van der Waals surface area contributed by atoms with Gasteiger partial charge in [0, 0.05) is 11.3 Å². The van der Waals surface area contributed by atoms with E-state index in [1.807, 2.05) is 6.07 Å². The van der Waals surface area contributed by atoms with Crippen molar-refractivity contribution >= 4 is 46.3 Å². The van der Waals surface area contributed by atoms with Crippen LogP contribution in [0.3, 0.4) is 0 Å². The number of aliphatic hydroxyl groups is 1. The number of nitriles is 1. The average Bonchev–Trinajstić information content (AvgIpc) is 3.21. The first-order valence-electron chi connectivity index (χ1n) is 11.4. The van der Waals surface area contributed by atoms with Gasteiger partial charge in [-0.15, -0.1) is 0 Å². The van der Waals surface area contributed by atoms with Crippen LogP contribution in [0, 0.1) is 11.3 Å². The van der Waals surface area contributed by atoms with Crippen LogP contribution in [0.25, 0.3) is 5.76 Å². The number of rotatable bonds is 7. The SMILES string of the molecule is COc1cccc(C2/C(=C(\O)c3cc(Cl)c(OC)c(Cl)c3OC)C(=O)C(=O)N2c2ccc(C#N)cc2)c1OC. The van der Waals surface area contributed by atoms with Gasteiger partial charge in [0.2, 0.25) is 0 Å². The Kier molecular flexibility index (Phi) is 7.90. The summed E-state index contributed by atoms with van der Waals surface area (Å²) in [5, 5.41) is 20.9. The van der Waals surface area contributed by atoms with E-state index in [2.05, 4.69) is 0 Å². The zero-order chi connectivity index (χ0) is 28.4. The van der Waals surface area contributed by atoms with Crippen molar-refractivity contribution in [1.29, 1.82) is 5.26 Å². The molecule has 3 aromatic carbocycles. The van der Waals surface area contributed by atoms with Gasteiger partial charge in [-0.1, -0.05) is 35.3 Å². The fourth-order valence-corrected chi connectivity index (χ4v) is 5.20. The van der Waals surface area contributed by atoms with Gasteiger partial charge in [-0.25, -0.2) is 0 Å². The van der Waals surface area contributed by atoms with Crippen LogP contribution >= 0.6 is 23.2 Å². The minimum absolute atomic E-state index is 0.0173. The number of aliphatic hydroxyl groups excluding tert-OH is 1. The molecule has 1 unspecified atom stereocenters. The number of carbonyl (C=O) groups excluding carboxylic acids is 2. The molecule has 0 spiro atoms. The molecule has 11 heteroatoms. The first-order chi connectivity index (χ1) is 18.7. The first kappa shape index (κ1) is 27.6. The second kappa shape index (κ2) is 11.2. The number of ketones is 1. The maximum absolute atomic E-state index is 13.6. The molecule has 0 radical (unpaired) electrons. The van der Waals surface area contributed by atoms with E-state index in [-0.39, 0.29) is 38.4 Å². The quantitative estimate of drug-likeness (QED) is 0.224. The lowest BCUT2D eigenvalue weighted by Crippen LogP contribution is -2.29. The third-order valence-corrected chi connectivity index (χ3v) is 6.87. The molecule has 1 heterocycles. The normalized spacial score (nSPS) is 16.1. The molecule has 1 atom stereocenters. The van der Waals surface area contributed by atoms with E-state index in [0.29, 0.717) is 22.6 Å². The zero-order valence-electron chi connectivity index (χ0n) is 21.2. The second-order valence-corrected chi connectivity index (χ2v) is 8.98. The van der Waals surface area contributed by atoms with Gasteiger partial charge >= 0.3 is 0 Å². The van der Waals surface area contributed by atoms with E-state index in [9.17, 15) is 20.0 Å². The molecular formula is C28H22Cl2N2O7. The molecule has 0 bridgehead atoms. The van der Waals surface area contributed by atoms with E-state index in [0.717, 1.165) is 0 Å². The van der Waals surface area contributed by atoms with Gasteiger partial charge in [-0.3, -0.25) is 14.5 Å². The van der Waals surface area contributed by atoms with Crippen LogP contribution in [0.5, 0.6) is 23.0 Å². The van der Waals surface area contributed by atoms with E-state index >= 15 is 0 Å². The number of Topliss-reactive ketones (excluding diaryl/α,β-unsaturated/α-hetero) is 1. The highest BCUT2D eigenvalue weighted by Crippen LogP contribution is 2.50. The van der Waals surface area contributed by atoms with Crippen molar-refractivity contribution in [2.45, 2.75) is 6.04 Å². The van der Waals surface area contributed by atoms with Crippen LogP contribution in [0.1, 0.15) is 22.7 Å². The maximum atomic E-state index is 13.6. The fraction of sp³-hybridized carbons (Fsp3) is 0.179.